The molecule has 0 aliphatic rings. The number of nitrogens with one attached hydrogen (secondary N) is 1. The lowest BCUT2D eigenvalue weighted by molar-refractivity contribution is -0.123. The Morgan fingerprint density at radius 3 is 1.96 bits per heavy atom. The standard InChI is InChI=1S/C20H26N2O3S/c1-4-18(16-12-8-6-9-13-16)21-20(23)19(5-2)22(26(3,24)25)17-14-10-7-11-15-17/h6-15,18-19H,4-5H2,1-3H3,(H,21,23). The summed E-state index contributed by atoms with van der Waals surface area (Å²) in [6.07, 6.45) is 2.22. The van der Waals surface area contributed by atoms with Crippen molar-refractivity contribution in [2.45, 2.75) is 38.8 Å². The number of nitrogens with zero attached hydrogens (tertiary/aromatic N) is 1. The molecular weight excluding hydrogens is 348 g/mol. The summed E-state index contributed by atoms with van der Waals surface area (Å²) in [5.74, 6) is -0.294. The van der Waals surface area contributed by atoms with Crippen molar-refractivity contribution in [3.8, 4) is 0 Å². The van der Waals surface area contributed by atoms with Crippen molar-refractivity contribution < 1.29 is 13.2 Å². The number of anilines is 1. The molecule has 2 aromatic carbocycles. The first-order valence-electron chi connectivity index (χ1n) is 8.78. The Hall–Kier alpha value is -2.34. The molecule has 0 aliphatic carbocycles. The fraction of sp³-hybridized carbons (Fsp3) is 0.350. The van der Waals surface area contributed by atoms with Crippen molar-refractivity contribution in [1.82, 2.24) is 5.32 Å². The second-order valence-electron chi connectivity index (χ2n) is 6.20. The molecule has 0 heterocycles. The highest BCUT2D eigenvalue weighted by Crippen LogP contribution is 2.23. The number of rotatable bonds is 8. The van der Waals surface area contributed by atoms with E-state index >= 15 is 0 Å². The molecule has 5 nitrogen and oxygen atoms in total. The number of amides is 1. The molecule has 0 aromatic heterocycles. The van der Waals surface area contributed by atoms with Crippen LogP contribution in [0.1, 0.15) is 38.3 Å². The molecule has 2 aromatic rings. The molecule has 0 aliphatic heterocycles. The third kappa shape index (κ3) is 4.85. The van der Waals surface area contributed by atoms with E-state index in [1.165, 1.54) is 4.31 Å². The van der Waals surface area contributed by atoms with Gasteiger partial charge in [-0.2, -0.15) is 0 Å². The minimum Gasteiger partial charge on any atom is -0.347 e. The molecule has 6 heteroatoms. The van der Waals surface area contributed by atoms with Crippen molar-refractivity contribution in [3.05, 3.63) is 66.2 Å². The van der Waals surface area contributed by atoms with Gasteiger partial charge in [-0.05, 0) is 30.5 Å². The lowest BCUT2D eigenvalue weighted by Gasteiger charge is -2.31. The average molecular weight is 375 g/mol. The molecule has 0 radical (unpaired) electrons. The van der Waals surface area contributed by atoms with Crippen molar-refractivity contribution in [3.63, 3.8) is 0 Å². The van der Waals surface area contributed by atoms with Gasteiger partial charge in [0.2, 0.25) is 15.9 Å². The minimum absolute atomic E-state index is 0.157. The van der Waals surface area contributed by atoms with E-state index in [0.717, 1.165) is 18.2 Å². The van der Waals surface area contributed by atoms with E-state index < -0.39 is 16.1 Å². The van der Waals surface area contributed by atoms with Crippen LogP contribution in [0.4, 0.5) is 5.69 Å². The normalized spacial score (nSPS) is 13.7. The molecule has 26 heavy (non-hydrogen) atoms. The summed E-state index contributed by atoms with van der Waals surface area (Å²) < 4.78 is 26.0. The van der Waals surface area contributed by atoms with Crippen LogP contribution in [-0.2, 0) is 14.8 Å². The van der Waals surface area contributed by atoms with Crippen LogP contribution in [0.5, 0.6) is 0 Å². The third-order valence-corrected chi connectivity index (χ3v) is 5.45. The monoisotopic (exact) mass is 374 g/mol. The Balaban J connectivity index is 2.31. The molecule has 0 fully saturated rings. The van der Waals surface area contributed by atoms with Gasteiger partial charge in [0, 0.05) is 0 Å². The van der Waals surface area contributed by atoms with Gasteiger partial charge in [-0.25, -0.2) is 8.42 Å². The van der Waals surface area contributed by atoms with Crippen molar-refractivity contribution in [2.75, 3.05) is 10.6 Å². The Morgan fingerprint density at radius 1 is 0.962 bits per heavy atom. The maximum atomic E-state index is 13.0. The van der Waals surface area contributed by atoms with E-state index in [2.05, 4.69) is 5.32 Å². The SMILES string of the molecule is CCC(NC(=O)C(CC)N(c1ccccc1)S(C)(=O)=O)c1ccccc1. The van der Waals surface area contributed by atoms with Crippen LogP contribution in [0.25, 0.3) is 0 Å². The van der Waals surface area contributed by atoms with E-state index in [-0.39, 0.29) is 11.9 Å². The molecule has 0 saturated carbocycles. The maximum Gasteiger partial charge on any atom is 0.244 e. The molecule has 2 unspecified atom stereocenters. The predicted molar refractivity (Wildman–Crippen MR) is 105 cm³/mol. The summed E-state index contributed by atoms with van der Waals surface area (Å²) in [5.41, 5.74) is 1.49. The van der Waals surface area contributed by atoms with Gasteiger partial charge in [-0.3, -0.25) is 9.10 Å². The summed E-state index contributed by atoms with van der Waals surface area (Å²) in [4.78, 5) is 13.0. The zero-order chi connectivity index (χ0) is 19.2. The van der Waals surface area contributed by atoms with Crippen molar-refractivity contribution in [2.24, 2.45) is 0 Å². The van der Waals surface area contributed by atoms with Gasteiger partial charge in [0.15, 0.2) is 0 Å². The van der Waals surface area contributed by atoms with E-state index in [1.807, 2.05) is 50.2 Å². The van der Waals surface area contributed by atoms with Gasteiger partial charge < -0.3 is 5.32 Å². The molecule has 0 bridgehead atoms. The second-order valence-corrected chi connectivity index (χ2v) is 8.06. The molecule has 1 amide bonds. The van der Waals surface area contributed by atoms with Crippen LogP contribution in [0.15, 0.2) is 60.7 Å². The Bertz CT molecular complexity index is 807. The van der Waals surface area contributed by atoms with Crippen LogP contribution in [0.3, 0.4) is 0 Å². The van der Waals surface area contributed by atoms with Gasteiger partial charge in [0.25, 0.3) is 0 Å². The molecule has 0 spiro atoms. The van der Waals surface area contributed by atoms with Crippen LogP contribution in [0, 0.1) is 0 Å². The fourth-order valence-corrected chi connectivity index (χ4v) is 4.22. The van der Waals surface area contributed by atoms with Gasteiger partial charge >= 0.3 is 0 Å². The number of hydrogen-bond acceptors (Lipinski definition) is 3. The number of benzene rings is 2. The molecule has 1 N–H and O–H groups in total. The van der Waals surface area contributed by atoms with E-state index in [9.17, 15) is 13.2 Å². The number of para-hydroxylation sites is 1. The zero-order valence-corrected chi connectivity index (χ0v) is 16.2. The first-order valence-corrected chi connectivity index (χ1v) is 10.6. The number of carbonyl (C=O) groups is 1. The summed E-state index contributed by atoms with van der Waals surface area (Å²) in [6, 6.07) is 17.5. The lowest BCUT2D eigenvalue weighted by atomic mass is 10.0. The fourth-order valence-electron chi connectivity index (χ4n) is 3.01. The summed E-state index contributed by atoms with van der Waals surface area (Å²) in [6.45, 7) is 3.80. The van der Waals surface area contributed by atoms with Gasteiger partial charge in [0.1, 0.15) is 6.04 Å². The number of sulfonamides is 1. The smallest absolute Gasteiger partial charge is 0.244 e. The van der Waals surface area contributed by atoms with Crippen LogP contribution in [0.2, 0.25) is 0 Å². The van der Waals surface area contributed by atoms with Gasteiger partial charge in [-0.1, -0.05) is 62.4 Å². The van der Waals surface area contributed by atoms with Gasteiger partial charge in [-0.15, -0.1) is 0 Å². The Kier molecular flexibility index (Phi) is 6.80. The highest BCUT2D eigenvalue weighted by atomic mass is 32.2. The molecular formula is C20H26N2O3S. The molecule has 140 valence electrons. The molecule has 2 atom stereocenters. The molecule has 0 saturated heterocycles. The summed E-state index contributed by atoms with van der Waals surface area (Å²) in [5, 5.41) is 3.01. The van der Waals surface area contributed by atoms with Crippen molar-refractivity contribution >= 4 is 21.6 Å². The van der Waals surface area contributed by atoms with Crippen LogP contribution >= 0.6 is 0 Å². The van der Waals surface area contributed by atoms with Crippen LogP contribution in [-0.4, -0.2) is 26.6 Å². The Morgan fingerprint density at radius 2 is 1.50 bits per heavy atom. The van der Waals surface area contributed by atoms with Crippen molar-refractivity contribution in [1.29, 1.82) is 0 Å². The highest BCUT2D eigenvalue weighted by molar-refractivity contribution is 7.92. The number of carbonyl (C=O) groups excluding carboxylic acids is 1. The first kappa shape index (κ1) is 20.0. The Labute approximate surface area is 156 Å². The maximum absolute atomic E-state index is 13.0. The average Bonchev–Trinajstić information content (AvgIpc) is 2.64. The van der Waals surface area contributed by atoms with E-state index in [4.69, 9.17) is 0 Å². The zero-order valence-electron chi connectivity index (χ0n) is 15.4. The van der Waals surface area contributed by atoms with Crippen LogP contribution < -0.4 is 9.62 Å². The second kappa shape index (κ2) is 8.85. The van der Waals surface area contributed by atoms with E-state index in [1.54, 1.807) is 24.3 Å². The quantitative estimate of drug-likeness (QED) is 0.769. The molecule has 2 rings (SSSR count). The third-order valence-electron chi connectivity index (χ3n) is 4.27. The summed E-state index contributed by atoms with van der Waals surface area (Å²) >= 11 is 0. The first-order chi connectivity index (χ1) is 12.4. The predicted octanol–water partition coefficient (Wildman–Crippen LogP) is 3.50. The van der Waals surface area contributed by atoms with E-state index in [0.29, 0.717) is 12.1 Å². The lowest BCUT2D eigenvalue weighted by Crippen LogP contribution is -2.50. The summed E-state index contributed by atoms with van der Waals surface area (Å²) in [7, 11) is -3.61. The highest BCUT2D eigenvalue weighted by Gasteiger charge is 2.32. The van der Waals surface area contributed by atoms with Gasteiger partial charge in [0.05, 0.1) is 18.0 Å². The largest absolute Gasteiger partial charge is 0.347 e. The number of hydrogen-bond donors (Lipinski definition) is 1. The topological polar surface area (TPSA) is 66.5 Å². The minimum atomic E-state index is -3.61.